The van der Waals surface area contributed by atoms with Crippen molar-refractivity contribution in [1.82, 2.24) is 10.2 Å². The third-order valence-corrected chi connectivity index (χ3v) is 3.52. The van der Waals surface area contributed by atoms with Gasteiger partial charge in [-0.2, -0.15) is 13.2 Å². The highest BCUT2D eigenvalue weighted by Crippen LogP contribution is 2.39. The van der Waals surface area contributed by atoms with Gasteiger partial charge in [0.25, 0.3) is 11.8 Å². The molecule has 0 aliphatic heterocycles. The maximum atomic E-state index is 13.5. The molecule has 1 aromatic carbocycles. The molecule has 0 aliphatic rings. The summed E-state index contributed by atoms with van der Waals surface area (Å²) in [6.45, 7) is 1.31. The maximum absolute atomic E-state index is 13.5. The average molecular weight is 407 g/mol. The molecule has 27 heavy (non-hydrogen) atoms. The normalized spacial score (nSPS) is 13.9. The Bertz CT molecular complexity index is 709. The number of aliphatic imine (C=N–C) groups is 1. The van der Waals surface area contributed by atoms with Crippen molar-refractivity contribution in [3.8, 4) is 5.75 Å². The lowest BCUT2D eigenvalue weighted by molar-refractivity contribution is -0.139. The summed E-state index contributed by atoms with van der Waals surface area (Å²) in [5, 5.41) is 2.19. The van der Waals surface area contributed by atoms with Crippen molar-refractivity contribution in [3.63, 3.8) is 0 Å². The zero-order valence-corrected chi connectivity index (χ0v) is 16.0. The molecule has 0 aliphatic carbocycles. The van der Waals surface area contributed by atoms with Crippen LogP contribution in [0.3, 0.4) is 0 Å². The van der Waals surface area contributed by atoms with Gasteiger partial charge in [0.15, 0.2) is 0 Å². The van der Waals surface area contributed by atoms with Crippen molar-refractivity contribution in [1.29, 1.82) is 0 Å². The smallest absolute Gasteiger partial charge is 0.420 e. The lowest BCUT2D eigenvalue weighted by Gasteiger charge is -2.18. The predicted octanol–water partition coefficient (Wildman–Crippen LogP) is 1.66. The molecule has 0 radical (unpaired) electrons. The van der Waals surface area contributed by atoms with Gasteiger partial charge in [0, 0.05) is 14.1 Å². The molecule has 1 rings (SSSR count). The van der Waals surface area contributed by atoms with Crippen LogP contribution in [0.1, 0.15) is 22.8 Å². The van der Waals surface area contributed by atoms with Gasteiger partial charge in [-0.25, -0.2) is 4.99 Å². The molecule has 0 aromatic heterocycles. The number of nitrogens with one attached hydrogen (secondary N) is 1. The van der Waals surface area contributed by atoms with E-state index in [1.54, 1.807) is 14.1 Å². The number of ether oxygens (including phenoxy) is 1. The van der Waals surface area contributed by atoms with Gasteiger partial charge in [0.05, 0.1) is 18.2 Å². The summed E-state index contributed by atoms with van der Waals surface area (Å²) >= 11 is -1.49. The Hall–Kier alpha value is -2.27. The molecule has 2 amide bonds. The van der Waals surface area contributed by atoms with E-state index in [1.165, 1.54) is 30.5 Å². The van der Waals surface area contributed by atoms with E-state index >= 15 is 0 Å². The zero-order chi connectivity index (χ0) is 20.8. The van der Waals surface area contributed by atoms with Crippen LogP contribution in [0.2, 0.25) is 0 Å². The quantitative estimate of drug-likeness (QED) is 0.421. The van der Waals surface area contributed by atoms with Crippen LogP contribution in [0.4, 0.5) is 13.2 Å². The standard InChI is InChI=1S/C16H20F3N3O4S/c1-10(14(23)20-8-22(2)3)21-15(24)11-6-5-7-12(26-9-27(4)25)13(11)16(17,18)19/h5-8,10H,9H2,1-4H3,(H,21,24)/b20-8+/t10-,27?/m0/s1. The molecule has 7 nitrogen and oxygen atoms in total. The van der Waals surface area contributed by atoms with E-state index in [-0.39, 0.29) is 0 Å². The Kier molecular flexibility index (Phi) is 8.10. The van der Waals surface area contributed by atoms with Crippen LogP contribution in [0.15, 0.2) is 23.2 Å². The number of carbonyl (C=O) groups is 2. The molecule has 0 fully saturated rings. The summed E-state index contributed by atoms with van der Waals surface area (Å²) in [6.07, 6.45) is -2.41. The molecule has 0 heterocycles. The molecule has 0 spiro atoms. The fourth-order valence-electron chi connectivity index (χ4n) is 1.90. The molecule has 11 heteroatoms. The summed E-state index contributed by atoms with van der Waals surface area (Å²) in [5.74, 6) is -2.90. The number of benzene rings is 1. The largest absolute Gasteiger partial charge is 0.614 e. The fourth-order valence-corrected chi connectivity index (χ4v) is 2.19. The molecular formula is C16H20F3N3O4S. The Morgan fingerprint density at radius 1 is 1.41 bits per heavy atom. The molecule has 150 valence electrons. The fraction of sp³-hybridized carbons (Fsp3) is 0.438. The molecule has 0 saturated heterocycles. The molecule has 0 bridgehead atoms. The van der Waals surface area contributed by atoms with Gasteiger partial charge < -0.3 is 19.5 Å². The van der Waals surface area contributed by atoms with Crippen molar-refractivity contribution in [3.05, 3.63) is 29.3 Å². The lowest BCUT2D eigenvalue weighted by atomic mass is 10.0. The van der Waals surface area contributed by atoms with E-state index in [2.05, 4.69) is 10.3 Å². The van der Waals surface area contributed by atoms with Crippen molar-refractivity contribution in [2.45, 2.75) is 19.1 Å². The number of nitrogens with zero attached hydrogens (tertiary/aromatic N) is 2. The van der Waals surface area contributed by atoms with Crippen LogP contribution < -0.4 is 10.1 Å². The maximum Gasteiger partial charge on any atom is 0.420 e. The second-order valence-electron chi connectivity index (χ2n) is 5.75. The van der Waals surface area contributed by atoms with Gasteiger partial charge in [-0.1, -0.05) is 6.07 Å². The van der Waals surface area contributed by atoms with Gasteiger partial charge in [-0.3, -0.25) is 9.59 Å². The van der Waals surface area contributed by atoms with Crippen molar-refractivity contribution >= 4 is 29.3 Å². The lowest BCUT2D eigenvalue weighted by Crippen LogP contribution is -2.39. The van der Waals surface area contributed by atoms with Crippen molar-refractivity contribution < 1.29 is 32.0 Å². The molecule has 2 atom stereocenters. The minimum atomic E-state index is -4.89. The molecule has 1 aromatic rings. The highest BCUT2D eigenvalue weighted by Gasteiger charge is 2.39. The van der Waals surface area contributed by atoms with E-state index in [0.29, 0.717) is 0 Å². The molecule has 1 unspecified atom stereocenters. The number of rotatable bonds is 7. The number of alkyl halides is 3. The van der Waals surface area contributed by atoms with Crippen molar-refractivity contribution in [2.24, 2.45) is 4.99 Å². The molecule has 1 N–H and O–H groups in total. The number of hydrogen-bond donors (Lipinski definition) is 1. The summed E-state index contributed by atoms with van der Waals surface area (Å²) in [4.78, 5) is 29.2. The van der Waals surface area contributed by atoms with Crippen LogP contribution >= 0.6 is 0 Å². The first-order valence-electron chi connectivity index (χ1n) is 7.61. The first kappa shape index (κ1) is 22.8. The van der Waals surface area contributed by atoms with Crippen LogP contribution in [0.25, 0.3) is 0 Å². The third kappa shape index (κ3) is 7.10. The van der Waals surface area contributed by atoms with E-state index in [0.717, 1.165) is 12.1 Å². The van der Waals surface area contributed by atoms with Crippen LogP contribution in [0, 0.1) is 0 Å². The number of amides is 2. The van der Waals surface area contributed by atoms with Crippen molar-refractivity contribution in [2.75, 3.05) is 26.3 Å². The molecular weight excluding hydrogens is 387 g/mol. The van der Waals surface area contributed by atoms with Gasteiger partial charge in [0.1, 0.15) is 17.4 Å². The second-order valence-corrected chi connectivity index (χ2v) is 7.14. The Morgan fingerprint density at radius 3 is 2.56 bits per heavy atom. The Labute approximate surface area is 157 Å². The minimum absolute atomic E-state index is 0.456. The highest BCUT2D eigenvalue weighted by atomic mass is 32.2. The average Bonchev–Trinajstić information content (AvgIpc) is 2.56. The topological polar surface area (TPSA) is 94.1 Å². The van der Waals surface area contributed by atoms with Crippen LogP contribution in [0.5, 0.6) is 5.75 Å². The van der Waals surface area contributed by atoms with Gasteiger partial charge >= 0.3 is 6.18 Å². The second kappa shape index (κ2) is 9.60. The summed E-state index contributed by atoms with van der Waals surface area (Å²) in [5.41, 5.74) is -2.01. The first-order valence-corrected chi connectivity index (χ1v) is 9.34. The van der Waals surface area contributed by atoms with Gasteiger partial charge in [-0.05, 0) is 30.2 Å². The molecule has 0 saturated carbocycles. The van der Waals surface area contributed by atoms with E-state index in [4.69, 9.17) is 4.74 Å². The van der Waals surface area contributed by atoms with E-state index in [9.17, 15) is 27.3 Å². The number of hydrogen-bond acceptors (Lipinski definition) is 4. The third-order valence-electron chi connectivity index (χ3n) is 3.07. The summed E-state index contributed by atoms with van der Waals surface area (Å²) in [6, 6.07) is 2.06. The Morgan fingerprint density at radius 2 is 2.04 bits per heavy atom. The van der Waals surface area contributed by atoms with E-state index in [1.807, 2.05) is 0 Å². The van der Waals surface area contributed by atoms with Crippen LogP contribution in [-0.2, 0) is 22.1 Å². The van der Waals surface area contributed by atoms with Gasteiger partial charge in [0.2, 0.25) is 5.94 Å². The minimum Gasteiger partial charge on any atom is -0.614 e. The zero-order valence-electron chi connectivity index (χ0n) is 15.2. The van der Waals surface area contributed by atoms with E-state index < -0.39 is 58.0 Å². The van der Waals surface area contributed by atoms with Gasteiger partial charge in [-0.15, -0.1) is 0 Å². The number of carbonyl (C=O) groups excluding carboxylic acids is 2. The first-order chi connectivity index (χ1) is 12.4. The summed E-state index contributed by atoms with van der Waals surface area (Å²) in [7, 11) is 3.26. The summed E-state index contributed by atoms with van der Waals surface area (Å²) < 4.78 is 56.4. The van der Waals surface area contributed by atoms with Crippen LogP contribution in [-0.4, -0.2) is 59.9 Å². The highest BCUT2D eigenvalue weighted by molar-refractivity contribution is 7.90. The number of halogens is 3. The monoisotopic (exact) mass is 407 g/mol. The predicted molar refractivity (Wildman–Crippen MR) is 95.1 cm³/mol. The Balaban J connectivity index is 3.12. The SMILES string of the molecule is C[C@H](NC(=O)c1cccc(OC[S+](C)[O-])c1C(F)(F)F)C(=O)/N=C/N(C)C.